The third kappa shape index (κ3) is 3.14. The number of nitroso groups, excluding NO2 is 1. The van der Waals surface area contributed by atoms with Gasteiger partial charge in [0, 0.05) is 12.1 Å². The second-order valence-corrected chi connectivity index (χ2v) is 3.84. The maximum atomic E-state index is 10.1. The normalized spacial score (nSPS) is 9.68. The number of phenolic OH excluding ortho intramolecular Hbond substituents is 3. The average molecular weight is 282 g/mol. The average Bonchev–Trinajstić information content (AvgIpc) is 2.30. The van der Waals surface area contributed by atoms with Crippen LogP contribution in [0.15, 0.2) is 41.6 Å². The van der Waals surface area contributed by atoms with Gasteiger partial charge >= 0.3 is 0 Å². The largest absolute Gasteiger partial charge is 0.508 e. The number of aromatic hydroxyl groups is 3. The lowest BCUT2D eigenvalue weighted by atomic mass is 10.0. The first kappa shape index (κ1) is 14.8. The molecule has 0 fully saturated rings. The molecule has 2 aromatic rings. The number of halogens is 1. The van der Waals surface area contributed by atoms with Crippen molar-refractivity contribution in [2.24, 2.45) is 5.18 Å². The molecule has 0 aliphatic rings. The van der Waals surface area contributed by atoms with Crippen molar-refractivity contribution in [2.75, 3.05) is 0 Å². The van der Waals surface area contributed by atoms with Gasteiger partial charge in [0.1, 0.15) is 23.8 Å². The summed E-state index contributed by atoms with van der Waals surface area (Å²) in [6.45, 7) is 0.0772. The molecule has 100 valence electrons. The van der Waals surface area contributed by atoms with E-state index in [1.165, 1.54) is 0 Å². The number of nitrogens with zero attached hydrogens (tertiary/aromatic N) is 1. The summed E-state index contributed by atoms with van der Waals surface area (Å²) in [6.07, 6.45) is 0. The van der Waals surface area contributed by atoms with Gasteiger partial charge in [-0.05, 0) is 11.1 Å². The van der Waals surface area contributed by atoms with Gasteiger partial charge in [0.05, 0.1) is 5.56 Å². The van der Waals surface area contributed by atoms with Crippen LogP contribution in [-0.2, 0) is 6.54 Å². The molecule has 0 saturated carbocycles. The molecule has 0 amide bonds. The molecule has 19 heavy (non-hydrogen) atoms. The van der Waals surface area contributed by atoms with Crippen LogP contribution in [0.2, 0.25) is 0 Å². The van der Waals surface area contributed by atoms with Gasteiger partial charge in [-0.25, -0.2) is 0 Å². The van der Waals surface area contributed by atoms with Gasteiger partial charge < -0.3 is 15.3 Å². The first-order chi connectivity index (χ1) is 8.61. The highest BCUT2D eigenvalue weighted by Gasteiger charge is 2.11. The van der Waals surface area contributed by atoms with Crippen molar-refractivity contribution in [1.29, 1.82) is 0 Å². The van der Waals surface area contributed by atoms with E-state index in [4.69, 9.17) is 0 Å². The van der Waals surface area contributed by atoms with Gasteiger partial charge in [-0.2, -0.15) is 4.91 Å². The SMILES string of the molecule is Cl.O=NCc1ccc(-c2c(O)cc(O)cc2O)cc1. The Labute approximate surface area is 115 Å². The van der Waals surface area contributed by atoms with Crippen LogP contribution in [0.1, 0.15) is 5.56 Å². The summed E-state index contributed by atoms with van der Waals surface area (Å²) in [5.74, 6) is -0.641. The van der Waals surface area contributed by atoms with Crippen molar-refractivity contribution >= 4 is 12.4 Å². The second-order valence-electron chi connectivity index (χ2n) is 3.84. The lowest BCUT2D eigenvalue weighted by Crippen LogP contribution is -1.84. The fourth-order valence-electron chi connectivity index (χ4n) is 1.74. The molecule has 5 nitrogen and oxygen atoms in total. The summed E-state index contributed by atoms with van der Waals surface area (Å²) >= 11 is 0. The molecule has 0 heterocycles. The molecule has 2 rings (SSSR count). The highest BCUT2D eigenvalue weighted by atomic mass is 35.5. The summed E-state index contributed by atoms with van der Waals surface area (Å²) in [5.41, 5.74) is 1.56. The summed E-state index contributed by atoms with van der Waals surface area (Å²) in [4.78, 5) is 10.1. The highest BCUT2D eigenvalue weighted by molar-refractivity contribution is 5.85. The Hall–Kier alpha value is -2.27. The van der Waals surface area contributed by atoms with Crippen LogP contribution in [0.5, 0.6) is 17.2 Å². The van der Waals surface area contributed by atoms with E-state index < -0.39 is 0 Å². The van der Waals surface area contributed by atoms with E-state index in [9.17, 15) is 20.2 Å². The van der Waals surface area contributed by atoms with Crippen molar-refractivity contribution in [2.45, 2.75) is 6.54 Å². The molecular formula is C13H12ClNO4. The lowest BCUT2D eigenvalue weighted by molar-refractivity contribution is 0.430. The second kappa shape index (κ2) is 6.06. The molecule has 0 bridgehead atoms. The number of phenols is 3. The summed E-state index contributed by atoms with van der Waals surface area (Å²) in [7, 11) is 0. The molecular weight excluding hydrogens is 270 g/mol. The minimum Gasteiger partial charge on any atom is -0.508 e. The Morgan fingerprint density at radius 1 is 0.947 bits per heavy atom. The van der Waals surface area contributed by atoms with Crippen LogP contribution >= 0.6 is 12.4 Å². The van der Waals surface area contributed by atoms with Gasteiger partial charge in [0.15, 0.2) is 0 Å². The molecule has 0 aromatic heterocycles. The van der Waals surface area contributed by atoms with Crippen molar-refractivity contribution in [1.82, 2.24) is 0 Å². The Morgan fingerprint density at radius 2 is 1.47 bits per heavy atom. The maximum absolute atomic E-state index is 10.1. The van der Waals surface area contributed by atoms with Crippen molar-refractivity contribution in [3.8, 4) is 28.4 Å². The van der Waals surface area contributed by atoms with E-state index in [0.717, 1.165) is 17.7 Å². The molecule has 0 aliphatic carbocycles. The van der Waals surface area contributed by atoms with Gasteiger partial charge in [0.25, 0.3) is 0 Å². The van der Waals surface area contributed by atoms with Crippen LogP contribution in [0.3, 0.4) is 0 Å². The van der Waals surface area contributed by atoms with Crippen molar-refractivity contribution in [3.63, 3.8) is 0 Å². The first-order valence-corrected chi connectivity index (χ1v) is 5.25. The molecule has 0 spiro atoms. The monoisotopic (exact) mass is 281 g/mol. The fourth-order valence-corrected chi connectivity index (χ4v) is 1.74. The van der Waals surface area contributed by atoms with E-state index in [1.807, 2.05) is 0 Å². The number of rotatable bonds is 3. The lowest BCUT2D eigenvalue weighted by Gasteiger charge is -2.08. The van der Waals surface area contributed by atoms with Gasteiger partial charge in [0.2, 0.25) is 0 Å². The Kier molecular flexibility index (Phi) is 4.72. The van der Waals surface area contributed by atoms with Gasteiger partial charge in [-0.1, -0.05) is 29.4 Å². The molecule has 0 unspecified atom stereocenters. The molecule has 0 aliphatic heterocycles. The zero-order valence-electron chi connectivity index (χ0n) is 9.78. The predicted molar refractivity (Wildman–Crippen MR) is 73.6 cm³/mol. The van der Waals surface area contributed by atoms with E-state index in [0.29, 0.717) is 5.56 Å². The third-order valence-corrected chi connectivity index (χ3v) is 2.57. The summed E-state index contributed by atoms with van der Waals surface area (Å²) < 4.78 is 0. The van der Waals surface area contributed by atoms with E-state index in [-0.39, 0.29) is 41.8 Å². The minimum absolute atomic E-state index is 0. The zero-order valence-corrected chi connectivity index (χ0v) is 10.6. The van der Waals surface area contributed by atoms with Crippen molar-refractivity contribution < 1.29 is 15.3 Å². The quantitative estimate of drug-likeness (QED) is 0.754. The minimum atomic E-state index is -0.214. The fraction of sp³-hybridized carbons (Fsp3) is 0.0769. The zero-order chi connectivity index (χ0) is 13.1. The number of hydrogen-bond donors (Lipinski definition) is 3. The standard InChI is InChI=1S/C13H11NO4.ClH/c15-10-5-11(16)13(12(17)6-10)9-3-1-8(2-4-9)7-14-18;/h1-6,15-17H,7H2;1H. The van der Waals surface area contributed by atoms with Crippen LogP contribution in [0.25, 0.3) is 11.1 Å². The van der Waals surface area contributed by atoms with Crippen LogP contribution < -0.4 is 0 Å². The summed E-state index contributed by atoms with van der Waals surface area (Å²) in [5, 5.41) is 31.4. The first-order valence-electron chi connectivity index (χ1n) is 5.25. The topological polar surface area (TPSA) is 90.1 Å². The van der Waals surface area contributed by atoms with Gasteiger partial charge in [-0.15, -0.1) is 12.4 Å². The molecule has 3 N–H and O–H groups in total. The number of hydrogen-bond acceptors (Lipinski definition) is 5. The smallest absolute Gasteiger partial charge is 0.130 e. The third-order valence-electron chi connectivity index (χ3n) is 2.57. The maximum Gasteiger partial charge on any atom is 0.130 e. The van der Waals surface area contributed by atoms with Crippen LogP contribution in [0.4, 0.5) is 0 Å². The molecule has 2 aromatic carbocycles. The molecule has 6 heteroatoms. The van der Waals surface area contributed by atoms with E-state index in [1.54, 1.807) is 24.3 Å². The van der Waals surface area contributed by atoms with E-state index >= 15 is 0 Å². The number of benzene rings is 2. The Bertz CT molecular complexity index is 561. The van der Waals surface area contributed by atoms with Crippen LogP contribution in [-0.4, -0.2) is 15.3 Å². The molecule has 0 saturated heterocycles. The molecule has 0 radical (unpaired) electrons. The van der Waals surface area contributed by atoms with Crippen molar-refractivity contribution in [3.05, 3.63) is 46.9 Å². The van der Waals surface area contributed by atoms with Crippen LogP contribution in [0, 0.1) is 4.91 Å². The van der Waals surface area contributed by atoms with Gasteiger partial charge in [-0.3, -0.25) is 0 Å². The van der Waals surface area contributed by atoms with E-state index in [2.05, 4.69) is 5.18 Å². The summed E-state index contributed by atoms with van der Waals surface area (Å²) in [6, 6.07) is 8.98. The Morgan fingerprint density at radius 3 is 1.95 bits per heavy atom. The highest BCUT2D eigenvalue weighted by Crippen LogP contribution is 2.40. The Balaban J connectivity index is 0.00000180. The molecule has 0 atom stereocenters. The predicted octanol–water partition coefficient (Wildman–Crippen LogP) is 3.16.